The fourth-order valence-electron chi connectivity index (χ4n) is 4.21. The number of imide groups is 1. The quantitative estimate of drug-likeness (QED) is 0.761. The van der Waals surface area contributed by atoms with E-state index < -0.39 is 0 Å². The topological polar surface area (TPSA) is 59.1 Å². The second-order valence-corrected chi connectivity index (χ2v) is 7.38. The monoisotopic (exact) mass is 394 g/mol. The number of nitrogens with zero attached hydrogens (tertiary/aromatic N) is 2. The summed E-state index contributed by atoms with van der Waals surface area (Å²) in [5.41, 5.74) is 3.74. The standard InChI is InChI=1S/C23H26N2O4/c1-4-28-20-12-16-9-10-24-19(18(16)13-21(20)29-5-2)14-22(26)25(23(24)27)17-8-6-7-15(3)11-17/h6-8,11-13,19H,4-5,9-10,14H2,1-3H3. The van der Waals surface area contributed by atoms with Gasteiger partial charge in [-0.15, -0.1) is 0 Å². The Morgan fingerprint density at radius 3 is 2.45 bits per heavy atom. The molecule has 0 radical (unpaired) electrons. The summed E-state index contributed by atoms with van der Waals surface area (Å²) >= 11 is 0. The third kappa shape index (κ3) is 3.43. The van der Waals surface area contributed by atoms with Crippen LogP contribution in [0.5, 0.6) is 11.5 Å². The van der Waals surface area contributed by atoms with E-state index in [0.29, 0.717) is 31.2 Å². The molecule has 0 bridgehead atoms. The van der Waals surface area contributed by atoms with E-state index >= 15 is 0 Å². The lowest BCUT2D eigenvalue weighted by Crippen LogP contribution is -2.55. The Labute approximate surface area is 171 Å². The molecule has 1 unspecified atom stereocenters. The van der Waals surface area contributed by atoms with Crippen molar-refractivity contribution in [2.24, 2.45) is 0 Å². The highest BCUT2D eigenvalue weighted by Crippen LogP contribution is 2.42. The number of fused-ring (bicyclic) bond motifs is 3. The van der Waals surface area contributed by atoms with Crippen LogP contribution in [-0.4, -0.2) is 36.6 Å². The Morgan fingerprint density at radius 2 is 1.76 bits per heavy atom. The molecule has 6 heteroatoms. The Hall–Kier alpha value is -3.02. The molecule has 1 atom stereocenters. The Bertz CT molecular complexity index is 956. The molecule has 2 aliphatic heterocycles. The van der Waals surface area contributed by atoms with Crippen LogP contribution in [0.1, 0.15) is 43.0 Å². The van der Waals surface area contributed by atoms with Crippen LogP contribution in [0.3, 0.4) is 0 Å². The number of anilines is 1. The molecule has 0 spiro atoms. The summed E-state index contributed by atoms with van der Waals surface area (Å²) < 4.78 is 11.5. The lowest BCUT2D eigenvalue weighted by Gasteiger charge is -2.43. The van der Waals surface area contributed by atoms with Crippen molar-refractivity contribution in [2.45, 2.75) is 39.7 Å². The lowest BCUT2D eigenvalue weighted by molar-refractivity contribution is -0.120. The van der Waals surface area contributed by atoms with Crippen molar-refractivity contribution in [3.8, 4) is 11.5 Å². The largest absolute Gasteiger partial charge is 0.490 e. The predicted molar refractivity (Wildman–Crippen MR) is 111 cm³/mol. The highest BCUT2D eigenvalue weighted by atomic mass is 16.5. The van der Waals surface area contributed by atoms with Gasteiger partial charge in [0.15, 0.2) is 11.5 Å². The van der Waals surface area contributed by atoms with Crippen molar-refractivity contribution in [3.05, 3.63) is 53.1 Å². The SMILES string of the molecule is CCOc1cc2c(cc1OCC)C1CC(=O)N(c3cccc(C)c3)C(=O)N1CC2. The summed E-state index contributed by atoms with van der Waals surface area (Å²) in [7, 11) is 0. The molecule has 0 aromatic heterocycles. The minimum Gasteiger partial charge on any atom is -0.490 e. The fourth-order valence-corrected chi connectivity index (χ4v) is 4.21. The molecule has 2 aromatic carbocycles. The van der Waals surface area contributed by atoms with Crippen molar-refractivity contribution >= 4 is 17.6 Å². The van der Waals surface area contributed by atoms with E-state index in [0.717, 1.165) is 28.9 Å². The summed E-state index contributed by atoms with van der Waals surface area (Å²) in [6.45, 7) is 7.46. The Morgan fingerprint density at radius 1 is 1.03 bits per heavy atom. The number of benzene rings is 2. The highest BCUT2D eigenvalue weighted by molar-refractivity contribution is 6.16. The number of amides is 3. The Kier molecular flexibility index (Phi) is 5.18. The zero-order valence-corrected chi connectivity index (χ0v) is 17.1. The van der Waals surface area contributed by atoms with Gasteiger partial charge in [-0.3, -0.25) is 4.79 Å². The van der Waals surface area contributed by atoms with Crippen molar-refractivity contribution in [3.63, 3.8) is 0 Å². The molecule has 4 rings (SSSR count). The molecule has 29 heavy (non-hydrogen) atoms. The number of hydrogen-bond acceptors (Lipinski definition) is 4. The van der Waals surface area contributed by atoms with Crippen LogP contribution in [0.15, 0.2) is 36.4 Å². The number of urea groups is 1. The van der Waals surface area contributed by atoms with Crippen LogP contribution >= 0.6 is 0 Å². The van der Waals surface area contributed by atoms with Crippen molar-refractivity contribution in [2.75, 3.05) is 24.7 Å². The van der Waals surface area contributed by atoms with Crippen LogP contribution < -0.4 is 14.4 Å². The number of aryl methyl sites for hydroxylation is 1. The minimum atomic E-state index is -0.269. The van der Waals surface area contributed by atoms with Gasteiger partial charge in [0.25, 0.3) is 0 Å². The van der Waals surface area contributed by atoms with Gasteiger partial charge in [-0.1, -0.05) is 12.1 Å². The fraction of sp³-hybridized carbons (Fsp3) is 0.391. The average molecular weight is 394 g/mol. The van der Waals surface area contributed by atoms with E-state index in [1.807, 2.05) is 62.1 Å². The van der Waals surface area contributed by atoms with Crippen molar-refractivity contribution < 1.29 is 19.1 Å². The molecule has 6 nitrogen and oxygen atoms in total. The van der Waals surface area contributed by atoms with Gasteiger partial charge >= 0.3 is 6.03 Å². The molecule has 2 aliphatic rings. The van der Waals surface area contributed by atoms with Gasteiger partial charge < -0.3 is 14.4 Å². The first kappa shape index (κ1) is 19.3. The Balaban J connectivity index is 1.70. The summed E-state index contributed by atoms with van der Waals surface area (Å²) in [6, 6.07) is 10.9. The van der Waals surface area contributed by atoms with Gasteiger partial charge in [0.1, 0.15) is 0 Å². The maximum Gasteiger partial charge on any atom is 0.331 e. The van der Waals surface area contributed by atoms with Gasteiger partial charge in [0.2, 0.25) is 5.91 Å². The van der Waals surface area contributed by atoms with Crippen molar-refractivity contribution in [1.82, 2.24) is 4.90 Å². The van der Waals surface area contributed by atoms with Crippen LogP contribution in [0, 0.1) is 6.92 Å². The molecule has 2 aromatic rings. The highest BCUT2D eigenvalue weighted by Gasteiger charge is 2.43. The molecule has 0 N–H and O–H groups in total. The minimum absolute atomic E-state index is 0.179. The number of rotatable bonds is 5. The zero-order chi connectivity index (χ0) is 20.5. The van der Waals surface area contributed by atoms with Gasteiger partial charge in [-0.05, 0) is 68.1 Å². The molecular formula is C23H26N2O4. The number of ether oxygens (including phenoxy) is 2. The molecule has 1 saturated heterocycles. The molecule has 3 amide bonds. The van der Waals surface area contributed by atoms with E-state index in [-0.39, 0.29) is 24.4 Å². The summed E-state index contributed by atoms with van der Waals surface area (Å²) in [5.74, 6) is 1.20. The molecule has 2 heterocycles. The number of carbonyl (C=O) groups excluding carboxylic acids is 2. The molecule has 0 aliphatic carbocycles. The second-order valence-electron chi connectivity index (χ2n) is 7.38. The summed E-state index contributed by atoms with van der Waals surface area (Å²) in [5, 5.41) is 0. The van der Waals surface area contributed by atoms with Gasteiger partial charge in [0, 0.05) is 6.54 Å². The van der Waals surface area contributed by atoms with Crippen LogP contribution in [0.25, 0.3) is 0 Å². The first-order valence-electron chi connectivity index (χ1n) is 10.2. The van der Waals surface area contributed by atoms with E-state index in [1.165, 1.54) is 4.90 Å². The van der Waals surface area contributed by atoms with Gasteiger partial charge in [-0.2, -0.15) is 0 Å². The molecular weight excluding hydrogens is 368 g/mol. The molecule has 0 saturated carbocycles. The normalized spacial score (nSPS) is 18.4. The van der Waals surface area contributed by atoms with Gasteiger partial charge in [0.05, 0.1) is 31.4 Å². The smallest absolute Gasteiger partial charge is 0.331 e. The van der Waals surface area contributed by atoms with E-state index in [9.17, 15) is 9.59 Å². The van der Waals surface area contributed by atoms with Crippen LogP contribution in [0.4, 0.5) is 10.5 Å². The summed E-state index contributed by atoms with van der Waals surface area (Å²) in [4.78, 5) is 29.4. The predicted octanol–water partition coefficient (Wildman–Crippen LogP) is 4.25. The molecule has 152 valence electrons. The third-order valence-corrected chi connectivity index (χ3v) is 5.48. The first-order valence-corrected chi connectivity index (χ1v) is 10.2. The van der Waals surface area contributed by atoms with E-state index in [1.54, 1.807) is 0 Å². The van der Waals surface area contributed by atoms with Crippen molar-refractivity contribution in [1.29, 1.82) is 0 Å². The van der Waals surface area contributed by atoms with Gasteiger partial charge in [-0.25, -0.2) is 9.69 Å². The number of carbonyl (C=O) groups is 2. The second kappa shape index (κ2) is 7.78. The average Bonchev–Trinajstić information content (AvgIpc) is 2.69. The first-order chi connectivity index (χ1) is 14.0. The lowest BCUT2D eigenvalue weighted by atomic mass is 9.88. The maximum absolute atomic E-state index is 13.2. The molecule has 1 fully saturated rings. The van der Waals surface area contributed by atoms with Crippen LogP contribution in [-0.2, 0) is 11.2 Å². The third-order valence-electron chi connectivity index (χ3n) is 5.48. The zero-order valence-electron chi connectivity index (χ0n) is 17.1. The number of hydrogen-bond donors (Lipinski definition) is 0. The maximum atomic E-state index is 13.2. The summed E-state index contributed by atoms with van der Waals surface area (Å²) in [6.07, 6.45) is 0.978. The van der Waals surface area contributed by atoms with E-state index in [2.05, 4.69) is 0 Å². The van der Waals surface area contributed by atoms with Crippen LogP contribution in [0.2, 0.25) is 0 Å². The van der Waals surface area contributed by atoms with E-state index in [4.69, 9.17) is 9.47 Å².